The lowest BCUT2D eigenvalue weighted by Gasteiger charge is -2.31. The van der Waals surface area contributed by atoms with Crippen LogP contribution in [0.2, 0.25) is 0 Å². The highest BCUT2D eigenvalue weighted by atomic mass is 16.6. The maximum Gasteiger partial charge on any atom is 0.337 e. The fourth-order valence-electron chi connectivity index (χ4n) is 3.41. The third kappa shape index (κ3) is 6.51. The van der Waals surface area contributed by atoms with Gasteiger partial charge in [-0.3, -0.25) is 4.79 Å². The Labute approximate surface area is 167 Å². The van der Waals surface area contributed by atoms with Gasteiger partial charge in [-0.1, -0.05) is 6.42 Å². The number of carbonyl (C=O) groups excluding carboxylic acids is 2. The lowest BCUT2D eigenvalue weighted by molar-refractivity contribution is -0.162. The number of hydrogen-bond acceptors (Lipinski definition) is 6. The van der Waals surface area contributed by atoms with Gasteiger partial charge in [0.05, 0.1) is 18.8 Å². The molecule has 6 heteroatoms. The normalized spacial score (nSPS) is 23.7. The van der Waals surface area contributed by atoms with Gasteiger partial charge >= 0.3 is 11.9 Å². The van der Waals surface area contributed by atoms with Crippen molar-refractivity contribution in [2.45, 2.75) is 83.0 Å². The number of methoxy groups -OCH3 is 1. The first-order chi connectivity index (χ1) is 13.1. The standard InChI is InChI=1S/C22H33NO5/c1-21(2,3)28-20(25)22(23)14-6-5-8-17(9-7-15-22)27-18-12-10-16(11-13-18)19(24)26-4/h10-13,17H,5-9,14-15,23H2,1-4H3. The molecule has 0 aromatic heterocycles. The Kier molecular flexibility index (Phi) is 7.47. The van der Waals surface area contributed by atoms with Crippen molar-refractivity contribution >= 4 is 11.9 Å². The van der Waals surface area contributed by atoms with E-state index in [9.17, 15) is 9.59 Å². The van der Waals surface area contributed by atoms with Gasteiger partial charge in [0.15, 0.2) is 0 Å². The number of benzene rings is 1. The summed E-state index contributed by atoms with van der Waals surface area (Å²) in [5, 5.41) is 0. The Morgan fingerprint density at radius 1 is 1.04 bits per heavy atom. The van der Waals surface area contributed by atoms with Crippen molar-refractivity contribution in [3.05, 3.63) is 29.8 Å². The molecule has 0 spiro atoms. The quantitative estimate of drug-likeness (QED) is 0.781. The molecule has 1 fully saturated rings. The zero-order chi connectivity index (χ0) is 20.8. The summed E-state index contributed by atoms with van der Waals surface area (Å²) in [5.41, 5.74) is 5.48. The van der Waals surface area contributed by atoms with E-state index in [1.807, 2.05) is 20.8 Å². The minimum atomic E-state index is -0.926. The monoisotopic (exact) mass is 391 g/mol. The van der Waals surface area contributed by atoms with E-state index in [4.69, 9.17) is 19.9 Å². The third-order valence-corrected chi connectivity index (χ3v) is 4.93. The largest absolute Gasteiger partial charge is 0.490 e. The smallest absolute Gasteiger partial charge is 0.337 e. The van der Waals surface area contributed by atoms with Crippen LogP contribution >= 0.6 is 0 Å². The lowest BCUT2D eigenvalue weighted by atomic mass is 9.88. The molecule has 28 heavy (non-hydrogen) atoms. The molecule has 2 N–H and O–H groups in total. The summed E-state index contributed by atoms with van der Waals surface area (Å²) in [6.45, 7) is 5.58. The lowest BCUT2D eigenvalue weighted by Crippen LogP contribution is -2.51. The first-order valence-electron chi connectivity index (χ1n) is 10.0. The maximum atomic E-state index is 12.6. The van der Waals surface area contributed by atoms with Gasteiger partial charge in [-0.15, -0.1) is 0 Å². The Morgan fingerprint density at radius 2 is 1.64 bits per heavy atom. The van der Waals surface area contributed by atoms with E-state index in [1.54, 1.807) is 24.3 Å². The van der Waals surface area contributed by atoms with Gasteiger partial charge in [0.2, 0.25) is 0 Å². The zero-order valence-electron chi connectivity index (χ0n) is 17.5. The topological polar surface area (TPSA) is 87.9 Å². The van der Waals surface area contributed by atoms with Gasteiger partial charge in [0, 0.05) is 0 Å². The minimum Gasteiger partial charge on any atom is -0.490 e. The highest BCUT2D eigenvalue weighted by molar-refractivity contribution is 5.89. The van der Waals surface area contributed by atoms with E-state index in [0.29, 0.717) is 18.4 Å². The predicted octanol–water partition coefficient (Wildman–Crippen LogP) is 4.00. The maximum absolute atomic E-state index is 12.6. The second-order valence-corrected chi connectivity index (χ2v) is 8.55. The van der Waals surface area contributed by atoms with Crippen molar-refractivity contribution in [1.82, 2.24) is 0 Å². The molecular formula is C22H33NO5. The molecule has 0 amide bonds. The van der Waals surface area contributed by atoms with Gasteiger partial charge in [0.1, 0.15) is 16.9 Å². The van der Waals surface area contributed by atoms with Gasteiger partial charge < -0.3 is 19.9 Å². The van der Waals surface area contributed by atoms with Crippen molar-refractivity contribution in [2.24, 2.45) is 5.73 Å². The Hall–Kier alpha value is -2.08. The molecule has 0 aliphatic heterocycles. The van der Waals surface area contributed by atoms with Gasteiger partial charge in [-0.05, 0) is 83.6 Å². The Balaban J connectivity index is 1.95. The Morgan fingerprint density at radius 3 is 2.25 bits per heavy atom. The van der Waals surface area contributed by atoms with E-state index in [0.717, 1.165) is 37.9 Å². The first kappa shape index (κ1) is 22.2. The van der Waals surface area contributed by atoms with E-state index >= 15 is 0 Å². The average molecular weight is 392 g/mol. The van der Waals surface area contributed by atoms with Gasteiger partial charge in [-0.2, -0.15) is 0 Å². The molecule has 2 unspecified atom stereocenters. The predicted molar refractivity (Wildman–Crippen MR) is 107 cm³/mol. The van der Waals surface area contributed by atoms with E-state index in [-0.39, 0.29) is 18.0 Å². The van der Waals surface area contributed by atoms with Crippen LogP contribution in [-0.2, 0) is 14.3 Å². The molecule has 2 atom stereocenters. The van der Waals surface area contributed by atoms with Crippen LogP contribution in [0, 0.1) is 0 Å². The second kappa shape index (κ2) is 9.41. The number of carbonyl (C=O) groups is 2. The molecular weight excluding hydrogens is 358 g/mol. The highest BCUT2D eigenvalue weighted by Crippen LogP contribution is 2.28. The summed E-state index contributed by atoms with van der Waals surface area (Å²) >= 11 is 0. The van der Waals surface area contributed by atoms with Gasteiger partial charge in [-0.25, -0.2) is 4.79 Å². The third-order valence-electron chi connectivity index (χ3n) is 4.93. The summed E-state index contributed by atoms with van der Waals surface area (Å²) < 4.78 is 16.4. The molecule has 6 nitrogen and oxygen atoms in total. The minimum absolute atomic E-state index is 0.0602. The van der Waals surface area contributed by atoms with E-state index < -0.39 is 11.1 Å². The molecule has 1 aromatic rings. The van der Waals surface area contributed by atoms with Crippen molar-refractivity contribution in [1.29, 1.82) is 0 Å². The highest BCUT2D eigenvalue weighted by Gasteiger charge is 2.37. The molecule has 0 saturated heterocycles. The van der Waals surface area contributed by atoms with Crippen molar-refractivity contribution < 1.29 is 23.8 Å². The average Bonchev–Trinajstić information content (AvgIpc) is 2.72. The summed E-state index contributed by atoms with van der Waals surface area (Å²) in [4.78, 5) is 24.1. The number of esters is 2. The molecule has 1 saturated carbocycles. The number of hydrogen-bond donors (Lipinski definition) is 1. The summed E-state index contributed by atoms with van der Waals surface area (Å²) in [6, 6.07) is 6.97. The summed E-state index contributed by atoms with van der Waals surface area (Å²) in [7, 11) is 1.36. The van der Waals surface area contributed by atoms with Crippen LogP contribution in [0.25, 0.3) is 0 Å². The first-order valence-corrected chi connectivity index (χ1v) is 10.0. The van der Waals surface area contributed by atoms with Crippen molar-refractivity contribution in [3.63, 3.8) is 0 Å². The zero-order valence-corrected chi connectivity index (χ0v) is 17.5. The van der Waals surface area contributed by atoms with Crippen molar-refractivity contribution in [3.8, 4) is 5.75 Å². The summed E-state index contributed by atoms with van der Waals surface area (Å²) in [6.07, 6.45) is 5.59. The van der Waals surface area contributed by atoms with E-state index in [1.165, 1.54) is 7.11 Å². The van der Waals surface area contributed by atoms with Crippen LogP contribution in [0.3, 0.4) is 0 Å². The van der Waals surface area contributed by atoms with Crippen LogP contribution in [-0.4, -0.2) is 36.3 Å². The van der Waals surface area contributed by atoms with E-state index in [2.05, 4.69) is 0 Å². The fourth-order valence-corrected chi connectivity index (χ4v) is 3.41. The molecule has 1 aliphatic rings. The van der Waals surface area contributed by atoms with Crippen LogP contribution in [0.15, 0.2) is 24.3 Å². The molecule has 1 aliphatic carbocycles. The van der Waals surface area contributed by atoms with Gasteiger partial charge in [0.25, 0.3) is 0 Å². The van der Waals surface area contributed by atoms with Crippen molar-refractivity contribution in [2.75, 3.05) is 7.11 Å². The molecule has 1 aromatic carbocycles. The second-order valence-electron chi connectivity index (χ2n) is 8.55. The molecule has 0 radical (unpaired) electrons. The van der Waals surface area contributed by atoms with Crippen LogP contribution in [0.4, 0.5) is 0 Å². The molecule has 156 valence electrons. The van der Waals surface area contributed by atoms with Crippen LogP contribution in [0.5, 0.6) is 5.75 Å². The number of ether oxygens (including phenoxy) is 3. The SMILES string of the molecule is COC(=O)c1ccc(OC2CCCCC(N)(C(=O)OC(C)(C)C)CCC2)cc1. The molecule has 2 rings (SSSR count). The number of rotatable bonds is 4. The Bertz CT molecular complexity index is 664. The fraction of sp³-hybridized carbons (Fsp3) is 0.636. The van der Waals surface area contributed by atoms with Crippen LogP contribution < -0.4 is 10.5 Å². The summed E-state index contributed by atoms with van der Waals surface area (Å²) in [5.74, 6) is 0.0521. The molecule has 0 heterocycles. The number of nitrogens with two attached hydrogens (primary N) is 1. The molecule has 0 bridgehead atoms. The van der Waals surface area contributed by atoms with Crippen LogP contribution in [0.1, 0.15) is 76.1 Å².